The number of amides is 1. The Kier molecular flexibility index (Phi) is 6.53. The first-order valence-electron chi connectivity index (χ1n) is 11.2. The van der Waals surface area contributed by atoms with E-state index in [1.807, 2.05) is 37.3 Å². The van der Waals surface area contributed by atoms with Gasteiger partial charge in [-0.1, -0.05) is 23.7 Å². The fraction of sp³-hybridized carbons (Fsp3) is 0.250. The zero-order chi connectivity index (χ0) is 24.2. The zero-order valence-electron chi connectivity index (χ0n) is 19.0. The van der Waals surface area contributed by atoms with Crippen LogP contribution in [0.5, 0.6) is 5.75 Å². The van der Waals surface area contributed by atoms with Gasteiger partial charge in [-0.25, -0.2) is 14.6 Å². The minimum atomic E-state index is -0.195. The first-order chi connectivity index (χ1) is 17.0. The molecule has 0 spiro atoms. The number of aryl methyl sites for hydroxylation is 1. The van der Waals surface area contributed by atoms with Crippen LogP contribution in [0, 0.1) is 0 Å². The van der Waals surface area contributed by atoms with Crippen LogP contribution >= 0.6 is 11.6 Å². The molecule has 0 aliphatic carbocycles. The zero-order valence-corrected chi connectivity index (χ0v) is 19.7. The van der Waals surface area contributed by atoms with Crippen LogP contribution in [0.15, 0.2) is 55.1 Å². The van der Waals surface area contributed by atoms with Gasteiger partial charge in [0.1, 0.15) is 18.2 Å². The number of aromatic nitrogens is 6. The van der Waals surface area contributed by atoms with Crippen molar-refractivity contribution in [3.63, 3.8) is 0 Å². The van der Waals surface area contributed by atoms with Gasteiger partial charge in [0.15, 0.2) is 0 Å². The molecule has 5 rings (SSSR count). The molecule has 3 heterocycles. The Labute approximate surface area is 206 Å². The van der Waals surface area contributed by atoms with Gasteiger partial charge in [-0.05, 0) is 65.6 Å². The normalized spacial score (nSPS) is 13.9. The van der Waals surface area contributed by atoms with Crippen LogP contribution in [0.1, 0.15) is 25.3 Å². The van der Waals surface area contributed by atoms with Crippen molar-refractivity contribution in [1.82, 2.24) is 30.2 Å². The monoisotopic (exact) mass is 490 g/mol. The van der Waals surface area contributed by atoms with Crippen molar-refractivity contribution >= 4 is 34.8 Å². The Morgan fingerprint density at radius 3 is 2.80 bits per heavy atom. The molecule has 1 atom stereocenters. The number of hydrogen-bond acceptors (Lipinski definition) is 8. The molecule has 0 fully saturated rings. The van der Waals surface area contributed by atoms with Crippen molar-refractivity contribution in [3.8, 4) is 16.9 Å². The molecule has 11 heteroatoms. The topological polar surface area (TPSA) is 120 Å². The van der Waals surface area contributed by atoms with Crippen LogP contribution < -0.4 is 15.4 Å². The van der Waals surface area contributed by atoms with Gasteiger partial charge < -0.3 is 15.4 Å². The molecule has 35 heavy (non-hydrogen) atoms. The number of tetrazole rings is 1. The molecule has 4 aromatic rings. The third kappa shape index (κ3) is 5.55. The molecule has 1 amide bonds. The molecule has 0 radical (unpaired) electrons. The highest BCUT2D eigenvalue weighted by molar-refractivity contribution is 6.32. The first-order valence-corrected chi connectivity index (χ1v) is 11.6. The van der Waals surface area contributed by atoms with Crippen LogP contribution in [0.4, 0.5) is 17.3 Å². The number of carbonyl (C=O) groups excluding carboxylic acids is 1. The third-order valence-electron chi connectivity index (χ3n) is 5.57. The summed E-state index contributed by atoms with van der Waals surface area (Å²) >= 11 is 6.36. The van der Waals surface area contributed by atoms with E-state index >= 15 is 0 Å². The van der Waals surface area contributed by atoms with Crippen LogP contribution in [0.25, 0.3) is 11.1 Å². The Morgan fingerprint density at radius 1 is 1.14 bits per heavy atom. The number of ether oxygens (including phenoxy) is 1. The lowest BCUT2D eigenvalue weighted by atomic mass is 10.1. The summed E-state index contributed by atoms with van der Waals surface area (Å²) in [6, 6.07) is 11.4. The van der Waals surface area contributed by atoms with Gasteiger partial charge >= 0.3 is 0 Å². The highest BCUT2D eigenvalue weighted by atomic mass is 35.5. The second-order valence-electron chi connectivity index (χ2n) is 8.30. The molecule has 0 bridgehead atoms. The summed E-state index contributed by atoms with van der Waals surface area (Å²) in [4.78, 5) is 20.8. The van der Waals surface area contributed by atoms with Gasteiger partial charge in [-0.2, -0.15) is 0 Å². The maximum Gasteiger partial charge on any atom is 0.227 e. The molecule has 0 saturated heterocycles. The van der Waals surface area contributed by atoms with Crippen molar-refractivity contribution in [2.24, 2.45) is 0 Å². The summed E-state index contributed by atoms with van der Waals surface area (Å²) in [6.07, 6.45) is 7.08. The fourth-order valence-corrected chi connectivity index (χ4v) is 4.03. The second-order valence-corrected chi connectivity index (χ2v) is 8.71. The second kappa shape index (κ2) is 10.1. The smallest absolute Gasteiger partial charge is 0.227 e. The van der Waals surface area contributed by atoms with Crippen molar-refractivity contribution < 1.29 is 9.53 Å². The van der Waals surface area contributed by atoms with Crippen LogP contribution in [0.3, 0.4) is 0 Å². The van der Waals surface area contributed by atoms with E-state index in [0.717, 1.165) is 40.9 Å². The van der Waals surface area contributed by atoms with Gasteiger partial charge in [0.05, 0.1) is 11.6 Å². The van der Waals surface area contributed by atoms with E-state index in [2.05, 4.69) is 36.1 Å². The molecule has 1 aliphatic heterocycles. The number of nitrogens with zero attached hydrogens (tertiary/aromatic N) is 6. The van der Waals surface area contributed by atoms with Gasteiger partial charge in [0.25, 0.3) is 0 Å². The van der Waals surface area contributed by atoms with E-state index in [4.69, 9.17) is 16.3 Å². The lowest BCUT2D eigenvalue weighted by Crippen LogP contribution is -2.20. The summed E-state index contributed by atoms with van der Waals surface area (Å²) in [7, 11) is 0. The number of fused-ring (bicyclic) bond motifs is 1. The van der Waals surface area contributed by atoms with E-state index in [0.29, 0.717) is 29.7 Å². The number of halogens is 1. The van der Waals surface area contributed by atoms with Crippen molar-refractivity contribution in [2.45, 2.75) is 38.8 Å². The average molecular weight is 491 g/mol. The number of rotatable bonds is 7. The predicted octanol–water partition coefficient (Wildman–Crippen LogP) is 4.27. The summed E-state index contributed by atoms with van der Waals surface area (Å²) < 4.78 is 7.61. The molecule has 1 aliphatic rings. The van der Waals surface area contributed by atoms with Crippen LogP contribution in [-0.2, 0) is 17.8 Å². The standard InChI is InChI=1S/C24H23ClN8O2/c1-15(13-33-14-28-31-32-33)35-22-9-17(6-8-20(22)25)18-11-26-24(27-12-18)29-19-7-5-16-3-2-4-23(34)30-21(16)10-19/h5-12,14-15H,2-4,13H2,1H3,(H,30,34)(H,26,27,29)/t15-/m0/s1. The Balaban J connectivity index is 1.28. The lowest BCUT2D eigenvalue weighted by molar-refractivity contribution is -0.116. The SMILES string of the molecule is C[C@@H](Cn1cnnn1)Oc1cc(-c2cnc(Nc3ccc4c(c3)NC(=O)CCC4)nc2)ccc1Cl. The van der Waals surface area contributed by atoms with E-state index < -0.39 is 0 Å². The molecule has 0 saturated carbocycles. The van der Waals surface area contributed by atoms with Crippen molar-refractivity contribution in [3.05, 3.63) is 65.7 Å². The highest BCUT2D eigenvalue weighted by Crippen LogP contribution is 2.32. The molecule has 10 nitrogen and oxygen atoms in total. The van der Waals surface area contributed by atoms with Crippen LogP contribution in [-0.4, -0.2) is 42.2 Å². The molecular formula is C24H23ClN8O2. The molecule has 2 aromatic heterocycles. The summed E-state index contributed by atoms with van der Waals surface area (Å²) in [5, 5.41) is 17.8. The Morgan fingerprint density at radius 2 is 2.00 bits per heavy atom. The van der Waals surface area contributed by atoms with Crippen molar-refractivity contribution in [1.29, 1.82) is 0 Å². The maximum atomic E-state index is 11.9. The van der Waals surface area contributed by atoms with Crippen molar-refractivity contribution in [2.75, 3.05) is 10.6 Å². The van der Waals surface area contributed by atoms with E-state index in [1.165, 1.54) is 6.33 Å². The largest absolute Gasteiger partial charge is 0.487 e. The number of nitrogens with one attached hydrogen (secondary N) is 2. The minimum absolute atomic E-state index is 0.0395. The summed E-state index contributed by atoms with van der Waals surface area (Å²) in [6.45, 7) is 2.41. The molecule has 2 N–H and O–H groups in total. The molecular weight excluding hydrogens is 468 g/mol. The maximum absolute atomic E-state index is 11.9. The average Bonchev–Trinajstić information content (AvgIpc) is 3.28. The highest BCUT2D eigenvalue weighted by Gasteiger charge is 2.14. The summed E-state index contributed by atoms with van der Waals surface area (Å²) in [5.74, 6) is 1.05. The van der Waals surface area contributed by atoms with Gasteiger partial charge in [0.2, 0.25) is 11.9 Å². The Hall–Kier alpha value is -4.05. The van der Waals surface area contributed by atoms with Crippen LogP contribution in [0.2, 0.25) is 5.02 Å². The minimum Gasteiger partial charge on any atom is -0.487 e. The first kappa shape index (κ1) is 22.7. The van der Waals surface area contributed by atoms with Gasteiger partial charge in [-0.3, -0.25) is 4.79 Å². The fourth-order valence-electron chi connectivity index (χ4n) is 3.87. The predicted molar refractivity (Wildman–Crippen MR) is 132 cm³/mol. The summed E-state index contributed by atoms with van der Waals surface area (Å²) in [5.41, 5.74) is 4.46. The van der Waals surface area contributed by atoms with Gasteiger partial charge in [-0.15, -0.1) is 5.10 Å². The van der Waals surface area contributed by atoms with E-state index in [-0.39, 0.29) is 12.0 Å². The number of benzene rings is 2. The molecule has 2 aromatic carbocycles. The molecule has 0 unspecified atom stereocenters. The Bertz CT molecular complexity index is 1330. The quantitative estimate of drug-likeness (QED) is 0.394. The number of anilines is 3. The number of carbonyl (C=O) groups is 1. The molecule has 178 valence electrons. The van der Waals surface area contributed by atoms with E-state index in [9.17, 15) is 4.79 Å². The van der Waals surface area contributed by atoms with E-state index in [1.54, 1.807) is 23.1 Å². The number of hydrogen-bond donors (Lipinski definition) is 2. The third-order valence-corrected chi connectivity index (χ3v) is 5.88. The lowest BCUT2D eigenvalue weighted by Gasteiger charge is -2.16. The van der Waals surface area contributed by atoms with Gasteiger partial charge in [0, 0.05) is 35.8 Å².